The first-order valence-corrected chi connectivity index (χ1v) is 7.91. The quantitative estimate of drug-likeness (QED) is 0.692. The Labute approximate surface area is 148 Å². The molecule has 0 radical (unpaired) electrons. The highest BCUT2D eigenvalue weighted by Crippen LogP contribution is 2.34. The van der Waals surface area contributed by atoms with Crippen molar-refractivity contribution < 1.29 is 9.47 Å². The molecule has 25 heavy (non-hydrogen) atoms. The smallest absolute Gasteiger partial charge is 0.161 e. The first-order valence-electron chi connectivity index (χ1n) is 7.91. The number of fused-ring (bicyclic) bond motifs is 2. The van der Waals surface area contributed by atoms with Gasteiger partial charge in [0.25, 0.3) is 0 Å². The van der Waals surface area contributed by atoms with E-state index in [1.54, 1.807) is 14.2 Å². The number of rotatable bonds is 4. The number of hydrogen-bond donors (Lipinski definition) is 0. The minimum absolute atomic E-state index is 0. The Bertz CT molecular complexity index is 948. The maximum absolute atomic E-state index is 5.45. The molecule has 4 heteroatoms. The first kappa shape index (κ1) is 17.0. The number of aromatic nitrogens is 1. The third-order valence-corrected chi connectivity index (χ3v) is 4.43. The predicted molar refractivity (Wildman–Crippen MR) is 103 cm³/mol. The summed E-state index contributed by atoms with van der Waals surface area (Å²) in [6, 6.07) is 10.5. The van der Waals surface area contributed by atoms with Gasteiger partial charge in [0.05, 0.1) is 19.9 Å². The Kier molecular flexibility index (Phi) is 4.70. The van der Waals surface area contributed by atoms with Crippen molar-refractivity contribution in [2.75, 3.05) is 14.2 Å². The molecule has 0 N–H and O–H groups in total. The van der Waals surface area contributed by atoms with Gasteiger partial charge in [-0.2, -0.15) is 0 Å². The van der Waals surface area contributed by atoms with Crippen molar-refractivity contribution in [2.24, 2.45) is 4.99 Å². The van der Waals surface area contributed by atoms with Gasteiger partial charge >= 0.3 is 0 Å². The second kappa shape index (κ2) is 6.93. The van der Waals surface area contributed by atoms with Crippen LogP contribution in [0.3, 0.4) is 0 Å². The van der Waals surface area contributed by atoms with E-state index in [4.69, 9.17) is 9.47 Å². The van der Waals surface area contributed by atoms with Crippen LogP contribution in [0.1, 0.15) is 24.1 Å². The average molecular weight is 334 g/mol. The van der Waals surface area contributed by atoms with Crippen LogP contribution in [0.4, 0.5) is 5.69 Å². The van der Waals surface area contributed by atoms with Crippen LogP contribution in [-0.2, 0) is 12.8 Å². The average Bonchev–Trinajstić information content (AvgIpc) is 3.08. The zero-order valence-corrected chi connectivity index (χ0v) is 13.7. The van der Waals surface area contributed by atoms with Gasteiger partial charge in [-0.1, -0.05) is 19.6 Å². The number of aliphatic imine (C=N–C) groups is 1. The zero-order chi connectivity index (χ0) is 16.5. The van der Waals surface area contributed by atoms with Crippen LogP contribution in [0.2, 0.25) is 0 Å². The van der Waals surface area contributed by atoms with Gasteiger partial charge in [0.2, 0.25) is 0 Å². The van der Waals surface area contributed by atoms with E-state index >= 15 is 0 Å². The maximum atomic E-state index is 5.45. The molecule has 4 rings (SSSR count). The van der Waals surface area contributed by atoms with Crippen molar-refractivity contribution >= 4 is 22.7 Å². The van der Waals surface area contributed by atoms with Crippen molar-refractivity contribution in [3.05, 3.63) is 59.4 Å². The van der Waals surface area contributed by atoms with Gasteiger partial charge in [-0.25, -0.2) is 0 Å². The van der Waals surface area contributed by atoms with Gasteiger partial charge in [-0.3, -0.25) is 9.98 Å². The summed E-state index contributed by atoms with van der Waals surface area (Å²) in [5, 5.41) is 2.18. The fraction of sp³-hybridized carbons (Fsp3) is 0.238. The molecule has 128 valence electrons. The molecule has 0 amide bonds. The number of pyridine rings is 1. The second-order valence-corrected chi connectivity index (χ2v) is 5.88. The molecule has 1 aromatic heterocycles. The van der Waals surface area contributed by atoms with E-state index in [-0.39, 0.29) is 7.43 Å². The van der Waals surface area contributed by atoms with E-state index in [9.17, 15) is 0 Å². The lowest BCUT2D eigenvalue weighted by atomic mass is 9.99. The summed E-state index contributed by atoms with van der Waals surface area (Å²) in [6.45, 7) is 0. The van der Waals surface area contributed by atoms with Crippen LogP contribution in [0.15, 0.2) is 47.7 Å². The molecule has 0 saturated heterocycles. The van der Waals surface area contributed by atoms with E-state index in [0.717, 1.165) is 46.4 Å². The summed E-state index contributed by atoms with van der Waals surface area (Å²) < 4.78 is 10.8. The fourth-order valence-electron chi connectivity index (χ4n) is 3.17. The summed E-state index contributed by atoms with van der Waals surface area (Å²) in [7, 11) is 3.30. The van der Waals surface area contributed by atoms with Crippen LogP contribution >= 0.6 is 0 Å². The van der Waals surface area contributed by atoms with Crippen molar-refractivity contribution in [2.45, 2.75) is 20.3 Å². The molecule has 0 aliphatic carbocycles. The van der Waals surface area contributed by atoms with Crippen LogP contribution in [0.5, 0.6) is 11.5 Å². The lowest BCUT2D eigenvalue weighted by molar-refractivity contribution is 0.356. The highest BCUT2D eigenvalue weighted by atomic mass is 16.5. The van der Waals surface area contributed by atoms with Crippen LogP contribution in [0, 0.1) is 0 Å². The van der Waals surface area contributed by atoms with Gasteiger partial charge in [0.1, 0.15) is 0 Å². The molecule has 4 nitrogen and oxygen atoms in total. The lowest BCUT2D eigenvalue weighted by Gasteiger charge is -2.12. The highest BCUT2D eigenvalue weighted by Gasteiger charge is 2.11. The molecule has 2 heterocycles. The van der Waals surface area contributed by atoms with E-state index in [0.29, 0.717) is 0 Å². The summed E-state index contributed by atoms with van der Waals surface area (Å²) in [4.78, 5) is 8.82. The van der Waals surface area contributed by atoms with Crippen LogP contribution in [0.25, 0.3) is 10.8 Å². The molecule has 3 aromatic rings. The molecular formula is C21H22N2O2. The summed E-state index contributed by atoms with van der Waals surface area (Å²) in [6.07, 6.45) is 7.48. The van der Waals surface area contributed by atoms with Gasteiger partial charge in [0, 0.05) is 30.4 Å². The number of nitrogens with zero attached hydrogens (tertiary/aromatic N) is 2. The molecule has 0 fully saturated rings. The minimum atomic E-state index is 0. The maximum Gasteiger partial charge on any atom is 0.161 e. The first-order chi connectivity index (χ1) is 11.8. The standard InChI is InChI=1S/C20H18N2O2.CH4/c1-23-19-9-16-12-21-11-15(17(16)10-20(19)24-2)7-13-3-4-14-5-6-22-18(14)8-13;/h3-4,6,8-12H,5,7H2,1-2H3;1H4. The summed E-state index contributed by atoms with van der Waals surface area (Å²) in [5.41, 5.74) is 4.77. The van der Waals surface area contributed by atoms with Crippen molar-refractivity contribution in [1.29, 1.82) is 0 Å². The topological polar surface area (TPSA) is 43.7 Å². The fourth-order valence-corrected chi connectivity index (χ4v) is 3.17. The Hall–Kier alpha value is -2.88. The van der Waals surface area contributed by atoms with Crippen LogP contribution in [-0.4, -0.2) is 25.4 Å². The summed E-state index contributed by atoms with van der Waals surface area (Å²) in [5.74, 6) is 1.45. The number of benzene rings is 2. The Balaban J connectivity index is 0.00000182. The molecule has 1 aliphatic rings. The predicted octanol–water partition coefficient (Wildman–Crippen LogP) is 4.74. The SMILES string of the molecule is C.COc1cc2cncc(Cc3ccc4c(c3)N=CC4)c2cc1OC. The Morgan fingerprint density at radius 1 is 1.00 bits per heavy atom. The molecule has 0 saturated carbocycles. The Morgan fingerprint density at radius 2 is 1.80 bits per heavy atom. The number of methoxy groups -OCH3 is 2. The molecule has 1 aliphatic heterocycles. The zero-order valence-electron chi connectivity index (χ0n) is 13.7. The van der Waals surface area contributed by atoms with Gasteiger partial charge in [-0.05, 0) is 46.7 Å². The Morgan fingerprint density at radius 3 is 2.60 bits per heavy atom. The molecule has 2 aromatic carbocycles. The molecular weight excluding hydrogens is 312 g/mol. The normalized spacial score (nSPS) is 11.9. The van der Waals surface area contributed by atoms with Crippen molar-refractivity contribution in [1.82, 2.24) is 4.98 Å². The third-order valence-electron chi connectivity index (χ3n) is 4.43. The molecule has 0 unspecified atom stereocenters. The molecule has 0 bridgehead atoms. The summed E-state index contributed by atoms with van der Waals surface area (Å²) >= 11 is 0. The van der Waals surface area contributed by atoms with E-state index in [1.165, 1.54) is 11.1 Å². The van der Waals surface area contributed by atoms with Crippen LogP contribution < -0.4 is 9.47 Å². The van der Waals surface area contributed by atoms with Gasteiger partial charge in [-0.15, -0.1) is 0 Å². The monoisotopic (exact) mass is 334 g/mol. The number of ether oxygens (including phenoxy) is 2. The molecule has 0 spiro atoms. The van der Waals surface area contributed by atoms with E-state index < -0.39 is 0 Å². The number of hydrogen-bond acceptors (Lipinski definition) is 4. The van der Waals surface area contributed by atoms with Crippen molar-refractivity contribution in [3.8, 4) is 11.5 Å². The van der Waals surface area contributed by atoms with Crippen molar-refractivity contribution in [3.63, 3.8) is 0 Å². The second-order valence-electron chi connectivity index (χ2n) is 5.88. The molecule has 0 atom stereocenters. The lowest BCUT2D eigenvalue weighted by Crippen LogP contribution is -1.95. The van der Waals surface area contributed by atoms with Gasteiger partial charge in [0.15, 0.2) is 11.5 Å². The minimum Gasteiger partial charge on any atom is -0.493 e. The third kappa shape index (κ3) is 3.07. The van der Waals surface area contributed by atoms with E-state index in [2.05, 4.69) is 28.2 Å². The van der Waals surface area contributed by atoms with Gasteiger partial charge < -0.3 is 9.47 Å². The highest BCUT2D eigenvalue weighted by molar-refractivity contribution is 5.88. The largest absolute Gasteiger partial charge is 0.493 e. The van der Waals surface area contributed by atoms with E-state index in [1.807, 2.05) is 30.7 Å².